The first kappa shape index (κ1) is 20.9. The van der Waals surface area contributed by atoms with Crippen molar-refractivity contribution in [3.8, 4) is 5.75 Å². The lowest BCUT2D eigenvalue weighted by Crippen LogP contribution is -2.32. The number of nitrogens with one attached hydrogen (secondary N) is 1. The third-order valence-electron chi connectivity index (χ3n) is 5.65. The van der Waals surface area contributed by atoms with Crippen molar-refractivity contribution in [2.75, 3.05) is 11.4 Å². The zero-order valence-electron chi connectivity index (χ0n) is 17.4. The Bertz CT molecular complexity index is 1030. The zero-order chi connectivity index (χ0) is 21.3. The van der Waals surface area contributed by atoms with Crippen molar-refractivity contribution < 1.29 is 17.9 Å². The number of hydrogen-bond donors (Lipinski definition) is 1. The Balaban J connectivity index is 1.51. The van der Waals surface area contributed by atoms with E-state index in [1.165, 1.54) is 0 Å². The second-order valence-corrected chi connectivity index (χ2v) is 10.0. The van der Waals surface area contributed by atoms with Crippen molar-refractivity contribution in [1.82, 2.24) is 4.72 Å². The van der Waals surface area contributed by atoms with Crippen LogP contribution in [-0.4, -0.2) is 33.0 Å². The van der Waals surface area contributed by atoms with E-state index in [0.717, 1.165) is 42.7 Å². The van der Waals surface area contributed by atoms with Crippen molar-refractivity contribution >= 4 is 21.6 Å². The van der Waals surface area contributed by atoms with Crippen LogP contribution < -0.4 is 14.4 Å². The lowest BCUT2D eigenvalue weighted by molar-refractivity contribution is 0.0989. The third-order valence-corrected chi connectivity index (χ3v) is 7.17. The van der Waals surface area contributed by atoms with Crippen LogP contribution in [0.25, 0.3) is 0 Å². The summed E-state index contributed by atoms with van der Waals surface area (Å²) in [5, 5.41) is 0. The van der Waals surface area contributed by atoms with E-state index in [2.05, 4.69) is 4.72 Å². The second kappa shape index (κ2) is 8.40. The van der Waals surface area contributed by atoms with Gasteiger partial charge in [0.1, 0.15) is 5.75 Å². The van der Waals surface area contributed by atoms with E-state index in [0.29, 0.717) is 18.5 Å². The molecule has 4 rings (SSSR count). The summed E-state index contributed by atoms with van der Waals surface area (Å²) in [7, 11) is -3.54. The van der Waals surface area contributed by atoms with E-state index in [9.17, 15) is 13.2 Å². The molecule has 0 unspecified atom stereocenters. The topological polar surface area (TPSA) is 75.7 Å². The number of ether oxygens (including phenoxy) is 1. The Morgan fingerprint density at radius 1 is 1.10 bits per heavy atom. The van der Waals surface area contributed by atoms with Gasteiger partial charge in [-0.2, -0.15) is 0 Å². The minimum absolute atomic E-state index is 0.0315. The summed E-state index contributed by atoms with van der Waals surface area (Å²) >= 11 is 0. The van der Waals surface area contributed by atoms with E-state index in [4.69, 9.17) is 4.74 Å². The Labute approximate surface area is 178 Å². The molecule has 160 valence electrons. The molecule has 0 aromatic heterocycles. The fraction of sp³-hybridized carbons (Fsp3) is 0.435. The van der Waals surface area contributed by atoms with E-state index >= 15 is 0 Å². The van der Waals surface area contributed by atoms with E-state index in [-0.39, 0.29) is 22.9 Å². The molecule has 0 atom stereocenters. The minimum atomic E-state index is -3.54. The highest BCUT2D eigenvalue weighted by molar-refractivity contribution is 7.89. The molecule has 0 spiro atoms. The molecule has 0 bridgehead atoms. The number of anilines is 1. The molecule has 2 aromatic rings. The van der Waals surface area contributed by atoms with Crippen LogP contribution in [0, 0.1) is 0 Å². The molecule has 0 radical (unpaired) electrons. The number of amides is 1. The van der Waals surface area contributed by atoms with Gasteiger partial charge in [0.15, 0.2) is 0 Å². The summed E-state index contributed by atoms with van der Waals surface area (Å²) in [5.41, 5.74) is 2.25. The van der Waals surface area contributed by atoms with Crippen molar-refractivity contribution in [2.45, 2.75) is 63.0 Å². The molecule has 1 aliphatic heterocycles. The number of carbonyl (C=O) groups excluding carboxylic acids is 1. The first-order valence-electron chi connectivity index (χ1n) is 10.6. The van der Waals surface area contributed by atoms with Crippen LogP contribution in [0.15, 0.2) is 47.4 Å². The molecule has 1 amide bonds. The molecule has 1 fully saturated rings. The monoisotopic (exact) mass is 428 g/mol. The van der Waals surface area contributed by atoms with Crippen LogP contribution in [0.3, 0.4) is 0 Å². The number of nitrogens with zero attached hydrogens (tertiary/aromatic N) is 1. The molecule has 6 nitrogen and oxygen atoms in total. The average molecular weight is 429 g/mol. The highest BCUT2D eigenvalue weighted by Gasteiger charge is 2.28. The van der Waals surface area contributed by atoms with Crippen LogP contribution in [-0.2, 0) is 16.4 Å². The van der Waals surface area contributed by atoms with Gasteiger partial charge in [-0.05, 0) is 81.1 Å². The molecule has 30 heavy (non-hydrogen) atoms. The van der Waals surface area contributed by atoms with Gasteiger partial charge in [-0.1, -0.05) is 12.8 Å². The molecule has 1 N–H and O–H groups in total. The summed E-state index contributed by atoms with van der Waals surface area (Å²) in [6.45, 7) is 4.45. The summed E-state index contributed by atoms with van der Waals surface area (Å²) in [6, 6.07) is 12.2. The first-order valence-corrected chi connectivity index (χ1v) is 12.1. The second-order valence-electron chi connectivity index (χ2n) is 8.29. The van der Waals surface area contributed by atoms with Crippen LogP contribution in [0.4, 0.5) is 5.69 Å². The maximum absolute atomic E-state index is 13.0. The maximum atomic E-state index is 13.0. The summed E-state index contributed by atoms with van der Waals surface area (Å²) in [4.78, 5) is 15.0. The molecule has 1 heterocycles. The molecular formula is C23H28N2O4S. The number of rotatable bonds is 6. The molecule has 7 heteroatoms. The number of hydrogen-bond acceptors (Lipinski definition) is 4. The molecular weight excluding hydrogens is 400 g/mol. The van der Waals surface area contributed by atoms with Crippen molar-refractivity contribution in [3.63, 3.8) is 0 Å². The summed E-state index contributed by atoms with van der Waals surface area (Å²) < 4.78 is 33.9. The third kappa shape index (κ3) is 4.37. The van der Waals surface area contributed by atoms with Gasteiger partial charge >= 0.3 is 0 Å². The zero-order valence-corrected chi connectivity index (χ0v) is 18.2. The Hall–Kier alpha value is -2.38. The Morgan fingerprint density at radius 2 is 1.80 bits per heavy atom. The molecule has 1 saturated carbocycles. The van der Waals surface area contributed by atoms with Crippen molar-refractivity contribution in [1.29, 1.82) is 0 Å². The minimum Gasteiger partial charge on any atom is -0.491 e. The Kier molecular flexibility index (Phi) is 5.84. The smallest absolute Gasteiger partial charge is 0.258 e. The molecule has 2 aliphatic rings. The van der Waals surface area contributed by atoms with Gasteiger partial charge in [-0.3, -0.25) is 4.79 Å². The van der Waals surface area contributed by atoms with Crippen LogP contribution in [0.2, 0.25) is 0 Å². The quantitative estimate of drug-likeness (QED) is 0.757. The first-order chi connectivity index (χ1) is 14.3. The number of carbonyl (C=O) groups is 1. The molecule has 1 aliphatic carbocycles. The number of benzene rings is 2. The number of fused-ring (bicyclic) bond motifs is 1. The van der Waals surface area contributed by atoms with Gasteiger partial charge in [-0.25, -0.2) is 13.1 Å². The highest BCUT2D eigenvalue weighted by atomic mass is 32.2. The number of sulfonamides is 1. The van der Waals surface area contributed by atoms with Gasteiger partial charge in [0, 0.05) is 23.8 Å². The highest BCUT2D eigenvalue weighted by Crippen LogP contribution is 2.32. The van der Waals surface area contributed by atoms with Crippen LogP contribution in [0.5, 0.6) is 5.75 Å². The van der Waals surface area contributed by atoms with Crippen LogP contribution >= 0.6 is 0 Å². The lowest BCUT2D eigenvalue weighted by atomic mass is 10.1. The maximum Gasteiger partial charge on any atom is 0.258 e. The normalized spacial score (nSPS) is 16.8. The predicted octanol–water partition coefficient (Wildman–Crippen LogP) is 3.90. The molecule has 2 aromatic carbocycles. The fourth-order valence-corrected chi connectivity index (χ4v) is 5.55. The SMILES string of the molecule is CC(C)Oc1ccc(C(=O)N2CCc3cc(S(=O)(=O)NC4CCCC4)ccc32)cc1. The predicted molar refractivity (Wildman–Crippen MR) is 117 cm³/mol. The van der Waals surface area contributed by atoms with Crippen LogP contribution in [0.1, 0.15) is 55.5 Å². The van der Waals surface area contributed by atoms with Gasteiger partial charge < -0.3 is 9.64 Å². The Morgan fingerprint density at radius 3 is 2.47 bits per heavy atom. The van der Waals surface area contributed by atoms with Crippen molar-refractivity contribution in [3.05, 3.63) is 53.6 Å². The average Bonchev–Trinajstić information content (AvgIpc) is 3.36. The standard InChI is InChI=1S/C23H28N2O4S/c1-16(2)29-20-9-7-17(8-10-20)23(26)25-14-13-18-15-21(11-12-22(18)25)30(27,28)24-19-5-3-4-6-19/h7-12,15-16,19,24H,3-6,13-14H2,1-2H3. The lowest BCUT2D eigenvalue weighted by Gasteiger charge is -2.18. The fourth-order valence-electron chi connectivity index (χ4n) is 4.19. The molecule has 0 saturated heterocycles. The van der Waals surface area contributed by atoms with Crippen molar-refractivity contribution in [2.24, 2.45) is 0 Å². The van der Waals surface area contributed by atoms with Gasteiger partial charge in [0.2, 0.25) is 10.0 Å². The van der Waals surface area contributed by atoms with Gasteiger partial charge in [-0.15, -0.1) is 0 Å². The van der Waals surface area contributed by atoms with Gasteiger partial charge in [0.25, 0.3) is 5.91 Å². The largest absolute Gasteiger partial charge is 0.491 e. The van der Waals surface area contributed by atoms with E-state index in [1.54, 1.807) is 47.4 Å². The van der Waals surface area contributed by atoms with E-state index in [1.807, 2.05) is 13.8 Å². The van der Waals surface area contributed by atoms with Gasteiger partial charge in [0.05, 0.1) is 11.0 Å². The van der Waals surface area contributed by atoms with E-state index < -0.39 is 10.0 Å². The summed E-state index contributed by atoms with van der Waals surface area (Å²) in [5.74, 6) is 0.637. The summed E-state index contributed by atoms with van der Waals surface area (Å²) in [6.07, 6.45) is 4.65.